The van der Waals surface area contributed by atoms with Crippen molar-refractivity contribution < 1.29 is 4.74 Å². The second kappa shape index (κ2) is 6.88. The number of rotatable bonds is 5. The minimum Gasteiger partial charge on any atom is -0.383 e. The van der Waals surface area contributed by atoms with Crippen LogP contribution in [-0.2, 0) is 4.74 Å². The first-order valence-electron chi connectivity index (χ1n) is 7.35. The van der Waals surface area contributed by atoms with Gasteiger partial charge in [-0.15, -0.1) is 0 Å². The molecule has 0 radical (unpaired) electrons. The summed E-state index contributed by atoms with van der Waals surface area (Å²) in [6, 6.07) is 1.16. The average Bonchev–Trinajstić information content (AvgIpc) is 2.27. The van der Waals surface area contributed by atoms with Crippen LogP contribution in [0.3, 0.4) is 0 Å². The van der Waals surface area contributed by atoms with E-state index in [4.69, 9.17) is 4.74 Å². The van der Waals surface area contributed by atoms with Crippen molar-refractivity contribution in [3.05, 3.63) is 0 Å². The third-order valence-corrected chi connectivity index (χ3v) is 4.12. The second-order valence-electron chi connectivity index (χ2n) is 6.84. The number of piperidine rings is 1. The fourth-order valence-electron chi connectivity index (χ4n) is 2.77. The minimum atomic E-state index is 0.177. The molecule has 1 rings (SSSR count). The Hall–Kier alpha value is -0.120. The molecule has 0 aliphatic carbocycles. The summed E-state index contributed by atoms with van der Waals surface area (Å²) in [6.45, 7) is 14.4. The van der Waals surface area contributed by atoms with Crippen molar-refractivity contribution in [2.75, 3.05) is 26.8 Å². The lowest BCUT2D eigenvalue weighted by molar-refractivity contribution is 0.0228. The molecule has 0 bridgehead atoms. The summed E-state index contributed by atoms with van der Waals surface area (Å²) in [4.78, 5) is 2.64. The van der Waals surface area contributed by atoms with E-state index in [0.29, 0.717) is 12.1 Å². The number of nitrogens with zero attached hydrogens (tertiary/aromatic N) is 1. The molecule has 1 heterocycles. The summed E-state index contributed by atoms with van der Waals surface area (Å²) >= 11 is 0. The third kappa shape index (κ3) is 4.87. The van der Waals surface area contributed by atoms with Crippen LogP contribution in [0.25, 0.3) is 0 Å². The van der Waals surface area contributed by atoms with E-state index in [0.717, 1.165) is 19.1 Å². The molecule has 1 fully saturated rings. The number of likely N-dealkylation sites (tertiary alicyclic amines) is 1. The van der Waals surface area contributed by atoms with Crippen LogP contribution in [-0.4, -0.2) is 49.3 Å². The molecule has 3 atom stereocenters. The molecule has 0 amide bonds. The van der Waals surface area contributed by atoms with E-state index >= 15 is 0 Å². The maximum atomic E-state index is 5.42. The van der Waals surface area contributed by atoms with Gasteiger partial charge in [0.2, 0.25) is 0 Å². The van der Waals surface area contributed by atoms with E-state index in [1.807, 2.05) is 7.11 Å². The van der Waals surface area contributed by atoms with Crippen molar-refractivity contribution in [3.8, 4) is 0 Å². The number of ether oxygens (including phenoxy) is 1. The number of nitrogens with one attached hydrogen (secondary N) is 1. The molecule has 0 aromatic carbocycles. The van der Waals surface area contributed by atoms with Gasteiger partial charge in [-0.3, -0.25) is 4.90 Å². The lowest BCUT2D eigenvalue weighted by Gasteiger charge is -2.43. The Labute approximate surface area is 113 Å². The highest BCUT2D eigenvalue weighted by atomic mass is 16.5. The maximum Gasteiger partial charge on any atom is 0.0630 e. The minimum absolute atomic E-state index is 0.177. The first-order chi connectivity index (χ1) is 8.35. The highest BCUT2D eigenvalue weighted by Crippen LogP contribution is 2.24. The molecule has 1 saturated heterocycles. The predicted molar refractivity (Wildman–Crippen MR) is 78.0 cm³/mol. The molecule has 3 nitrogen and oxygen atoms in total. The average molecular weight is 256 g/mol. The van der Waals surface area contributed by atoms with E-state index in [9.17, 15) is 0 Å². The van der Waals surface area contributed by atoms with Crippen LogP contribution in [0, 0.1) is 5.92 Å². The molecule has 1 N–H and O–H groups in total. The van der Waals surface area contributed by atoms with Gasteiger partial charge in [0, 0.05) is 31.3 Å². The van der Waals surface area contributed by atoms with Crippen molar-refractivity contribution in [3.63, 3.8) is 0 Å². The lowest BCUT2D eigenvalue weighted by atomic mass is 9.90. The van der Waals surface area contributed by atoms with Gasteiger partial charge in [-0.05, 0) is 53.0 Å². The van der Waals surface area contributed by atoms with Crippen LogP contribution in [0.1, 0.15) is 47.5 Å². The Balaban J connectivity index is 2.59. The van der Waals surface area contributed by atoms with Crippen LogP contribution in [0.15, 0.2) is 0 Å². The van der Waals surface area contributed by atoms with Crippen molar-refractivity contribution in [2.24, 2.45) is 5.92 Å². The Morgan fingerprint density at radius 2 is 2.00 bits per heavy atom. The Bertz CT molecular complexity index is 237. The molecule has 0 aromatic rings. The highest BCUT2D eigenvalue weighted by Gasteiger charge is 2.30. The number of hydrogen-bond acceptors (Lipinski definition) is 3. The largest absolute Gasteiger partial charge is 0.383 e. The molecule has 0 spiro atoms. The quantitative estimate of drug-likeness (QED) is 0.818. The number of methoxy groups -OCH3 is 1. The van der Waals surface area contributed by atoms with E-state index < -0.39 is 0 Å². The molecule has 1 aliphatic rings. The molecule has 0 aromatic heterocycles. The summed E-state index contributed by atoms with van der Waals surface area (Å²) in [6.07, 6.45) is 2.69. The summed E-state index contributed by atoms with van der Waals surface area (Å²) in [5, 5.41) is 3.62. The standard InChI is InChI=1S/C15H32N2O/c1-12-8-7-9-17(13(12)2)14(11-18-6)10-16-15(3,4)5/h12-14,16H,7-11H2,1-6H3. The van der Waals surface area contributed by atoms with Crippen LogP contribution < -0.4 is 5.32 Å². The SMILES string of the molecule is COCC(CNC(C)(C)C)N1CCCC(C)C1C. The van der Waals surface area contributed by atoms with Crippen molar-refractivity contribution in [1.29, 1.82) is 0 Å². The summed E-state index contributed by atoms with van der Waals surface area (Å²) < 4.78 is 5.42. The maximum absolute atomic E-state index is 5.42. The topological polar surface area (TPSA) is 24.5 Å². The van der Waals surface area contributed by atoms with Gasteiger partial charge >= 0.3 is 0 Å². The first-order valence-corrected chi connectivity index (χ1v) is 7.35. The fourth-order valence-corrected chi connectivity index (χ4v) is 2.77. The zero-order valence-corrected chi connectivity index (χ0v) is 13.1. The van der Waals surface area contributed by atoms with Crippen molar-refractivity contribution >= 4 is 0 Å². The van der Waals surface area contributed by atoms with Crippen LogP contribution in [0.4, 0.5) is 0 Å². The Kier molecular flexibility index (Phi) is 6.09. The second-order valence-corrected chi connectivity index (χ2v) is 6.84. The zero-order chi connectivity index (χ0) is 13.8. The van der Waals surface area contributed by atoms with Crippen LogP contribution in [0.5, 0.6) is 0 Å². The molecule has 18 heavy (non-hydrogen) atoms. The molecule has 3 heteroatoms. The van der Waals surface area contributed by atoms with Gasteiger partial charge in [0.05, 0.1) is 6.61 Å². The smallest absolute Gasteiger partial charge is 0.0630 e. The summed E-state index contributed by atoms with van der Waals surface area (Å²) in [5.74, 6) is 0.799. The van der Waals surface area contributed by atoms with Crippen LogP contribution in [0.2, 0.25) is 0 Å². The lowest BCUT2D eigenvalue weighted by Crippen LogP contribution is -2.55. The van der Waals surface area contributed by atoms with E-state index in [-0.39, 0.29) is 5.54 Å². The van der Waals surface area contributed by atoms with Gasteiger partial charge in [0.15, 0.2) is 0 Å². The van der Waals surface area contributed by atoms with Crippen LogP contribution >= 0.6 is 0 Å². The molecule has 1 aliphatic heterocycles. The summed E-state index contributed by atoms with van der Waals surface area (Å²) in [7, 11) is 1.81. The highest BCUT2D eigenvalue weighted by molar-refractivity contribution is 4.86. The Morgan fingerprint density at radius 1 is 1.33 bits per heavy atom. The zero-order valence-electron chi connectivity index (χ0n) is 13.1. The van der Waals surface area contributed by atoms with Gasteiger partial charge in [0.1, 0.15) is 0 Å². The van der Waals surface area contributed by atoms with Gasteiger partial charge in [0.25, 0.3) is 0 Å². The van der Waals surface area contributed by atoms with Gasteiger partial charge in [-0.2, -0.15) is 0 Å². The molecule has 0 saturated carbocycles. The number of hydrogen-bond donors (Lipinski definition) is 1. The van der Waals surface area contributed by atoms with Gasteiger partial charge in [-0.1, -0.05) is 6.92 Å². The molecular weight excluding hydrogens is 224 g/mol. The molecule has 108 valence electrons. The first kappa shape index (κ1) is 15.9. The van der Waals surface area contributed by atoms with Gasteiger partial charge in [-0.25, -0.2) is 0 Å². The van der Waals surface area contributed by atoms with Gasteiger partial charge < -0.3 is 10.1 Å². The molecule has 3 unspecified atom stereocenters. The van der Waals surface area contributed by atoms with Crippen molar-refractivity contribution in [1.82, 2.24) is 10.2 Å². The van der Waals surface area contributed by atoms with Crippen molar-refractivity contribution in [2.45, 2.75) is 65.1 Å². The monoisotopic (exact) mass is 256 g/mol. The Morgan fingerprint density at radius 3 is 2.56 bits per heavy atom. The normalized spacial score (nSPS) is 28.3. The van der Waals surface area contributed by atoms with E-state index in [1.54, 1.807) is 0 Å². The van der Waals surface area contributed by atoms with E-state index in [2.05, 4.69) is 44.8 Å². The summed E-state index contributed by atoms with van der Waals surface area (Å²) in [5.41, 5.74) is 0.177. The molecular formula is C15H32N2O. The van der Waals surface area contributed by atoms with E-state index in [1.165, 1.54) is 19.4 Å². The fraction of sp³-hybridized carbons (Fsp3) is 1.00. The predicted octanol–water partition coefficient (Wildman–Crippen LogP) is 2.51. The third-order valence-electron chi connectivity index (χ3n) is 4.12.